The topological polar surface area (TPSA) is 83.3 Å². The number of aromatic nitrogens is 3. The fraction of sp³-hybridized carbons (Fsp3) is 0.769. The highest BCUT2D eigenvalue weighted by Gasteiger charge is 2.29. The molecule has 2 fully saturated rings. The number of rotatable bonds is 2. The van der Waals surface area contributed by atoms with E-state index in [0.29, 0.717) is 31.2 Å². The van der Waals surface area contributed by atoms with Gasteiger partial charge in [-0.2, -0.15) is 0 Å². The summed E-state index contributed by atoms with van der Waals surface area (Å²) >= 11 is 0. The van der Waals surface area contributed by atoms with Gasteiger partial charge in [-0.3, -0.25) is 4.79 Å². The third kappa shape index (κ3) is 2.69. The first-order valence-electron chi connectivity index (χ1n) is 7.19. The van der Waals surface area contributed by atoms with Gasteiger partial charge in [0, 0.05) is 26.2 Å². The monoisotopic (exact) mass is 279 g/mol. The number of hydrogen-bond acceptors (Lipinski definition) is 5. The minimum Gasteiger partial charge on any atom is -0.390 e. The van der Waals surface area contributed by atoms with Crippen LogP contribution in [0, 0.1) is 0 Å². The van der Waals surface area contributed by atoms with Crippen LogP contribution in [-0.4, -0.2) is 62.7 Å². The summed E-state index contributed by atoms with van der Waals surface area (Å²) in [7, 11) is 0. The van der Waals surface area contributed by atoms with E-state index in [9.17, 15) is 9.90 Å². The largest absolute Gasteiger partial charge is 0.390 e. The maximum Gasteiger partial charge on any atom is 0.276 e. The molecule has 2 aliphatic heterocycles. The van der Waals surface area contributed by atoms with E-state index in [0.717, 1.165) is 25.9 Å². The Hall–Kier alpha value is -1.47. The first-order valence-corrected chi connectivity index (χ1v) is 7.19. The Morgan fingerprint density at radius 1 is 1.45 bits per heavy atom. The summed E-state index contributed by atoms with van der Waals surface area (Å²) in [6, 6.07) is 0.314. The Bertz CT molecular complexity index is 495. The van der Waals surface area contributed by atoms with Crippen LogP contribution < -0.4 is 5.32 Å². The van der Waals surface area contributed by atoms with Gasteiger partial charge in [-0.05, 0) is 26.2 Å². The van der Waals surface area contributed by atoms with Gasteiger partial charge in [-0.1, -0.05) is 5.21 Å². The minimum atomic E-state index is -0.662. The molecule has 0 aliphatic carbocycles. The van der Waals surface area contributed by atoms with Crippen molar-refractivity contribution in [1.29, 1.82) is 0 Å². The van der Waals surface area contributed by atoms with Crippen LogP contribution in [-0.2, 0) is 0 Å². The van der Waals surface area contributed by atoms with E-state index >= 15 is 0 Å². The van der Waals surface area contributed by atoms with Crippen LogP contribution in [0.1, 0.15) is 42.7 Å². The zero-order valence-corrected chi connectivity index (χ0v) is 11.7. The number of aliphatic hydroxyl groups is 1. The van der Waals surface area contributed by atoms with Crippen molar-refractivity contribution in [1.82, 2.24) is 25.2 Å². The number of carbonyl (C=O) groups excluding carboxylic acids is 1. The summed E-state index contributed by atoms with van der Waals surface area (Å²) in [5.74, 6) is -0.0822. The van der Waals surface area contributed by atoms with Gasteiger partial charge in [0.25, 0.3) is 5.91 Å². The SMILES string of the molecule is CC1(O)CCCN(C(=O)c2cn(C3CNC3)nn2)CC1. The van der Waals surface area contributed by atoms with Gasteiger partial charge in [0.05, 0.1) is 17.8 Å². The molecule has 2 N–H and O–H groups in total. The van der Waals surface area contributed by atoms with Crippen LogP contribution in [0.25, 0.3) is 0 Å². The zero-order chi connectivity index (χ0) is 14.2. The molecule has 1 amide bonds. The average Bonchev–Trinajstić information content (AvgIpc) is 2.72. The predicted octanol–water partition coefficient (Wildman–Crippen LogP) is -0.200. The molecule has 1 aromatic heterocycles. The van der Waals surface area contributed by atoms with E-state index < -0.39 is 5.60 Å². The molecule has 7 nitrogen and oxygen atoms in total. The van der Waals surface area contributed by atoms with Crippen LogP contribution in [0.2, 0.25) is 0 Å². The third-order valence-electron chi connectivity index (χ3n) is 4.21. The van der Waals surface area contributed by atoms with Gasteiger partial charge in [0.15, 0.2) is 5.69 Å². The van der Waals surface area contributed by atoms with Crippen LogP contribution >= 0.6 is 0 Å². The molecule has 0 bridgehead atoms. The molecule has 110 valence electrons. The van der Waals surface area contributed by atoms with E-state index in [1.165, 1.54) is 0 Å². The first kappa shape index (κ1) is 13.5. The molecule has 3 heterocycles. The summed E-state index contributed by atoms with van der Waals surface area (Å²) in [4.78, 5) is 14.2. The van der Waals surface area contributed by atoms with Crippen LogP contribution in [0.3, 0.4) is 0 Å². The highest BCUT2D eigenvalue weighted by molar-refractivity contribution is 5.91. The average molecular weight is 279 g/mol. The second kappa shape index (κ2) is 5.14. The Morgan fingerprint density at radius 3 is 2.95 bits per heavy atom. The van der Waals surface area contributed by atoms with Crippen molar-refractivity contribution in [2.75, 3.05) is 26.2 Å². The second-order valence-corrected chi connectivity index (χ2v) is 6.04. The molecule has 1 aromatic rings. The van der Waals surface area contributed by atoms with Gasteiger partial charge >= 0.3 is 0 Å². The van der Waals surface area contributed by atoms with Gasteiger partial charge < -0.3 is 15.3 Å². The van der Waals surface area contributed by atoms with Crippen LogP contribution in [0.15, 0.2) is 6.20 Å². The normalized spacial score (nSPS) is 28.0. The van der Waals surface area contributed by atoms with Crippen LogP contribution in [0.4, 0.5) is 0 Å². The molecule has 1 atom stereocenters. The van der Waals surface area contributed by atoms with Crippen molar-refractivity contribution in [3.8, 4) is 0 Å². The molecular formula is C13H21N5O2. The molecule has 0 saturated carbocycles. The van der Waals surface area contributed by atoms with Crippen molar-refractivity contribution in [3.05, 3.63) is 11.9 Å². The van der Waals surface area contributed by atoms with Gasteiger partial charge in [-0.15, -0.1) is 5.10 Å². The number of hydrogen-bond donors (Lipinski definition) is 2. The highest BCUT2D eigenvalue weighted by atomic mass is 16.3. The molecule has 0 radical (unpaired) electrons. The summed E-state index contributed by atoms with van der Waals surface area (Å²) in [5.41, 5.74) is -0.261. The molecule has 20 heavy (non-hydrogen) atoms. The molecule has 0 spiro atoms. The van der Waals surface area contributed by atoms with E-state index in [-0.39, 0.29) is 5.91 Å². The van der Waals surface area contributed by atoms with Crippen molar-refractivity contribution < 1.29 is 9.90 Å². The quantitative estimate of drug-likeness (QED) is 0.783. The second-order valence-electron chi connectivity index (χ2n) is 6.04. The number of nitrogens with one attached hydrogen (secondary N) is 1. The lowest BCUT2D eigenvalue weighted by molar-refractivity contribution is 0.0437. The molecule has 2 saturated heterocycles. The van der Waals surface area contributed by atoms with Gasteiger partial charge in [0.1, 0.15) is 0 Å². The molecule has 3 rings (SSSR count). The lowest BCUT2D eigenvalue weighted by atomic mass is 9.98. The smallest absolute Gasteiger partial charge is 0.276 e. The number of nitrogens with zero attached hydrogens (tertiary/aromatic N) is 4. The number of amides is 1. The molecule has 0 aromatic carbocycles. The summed E-state index contributed by atoms with van der Waals surface area (Å²) in [5, 5.41) is 21.3. The Kier molecular flexibility index (Phi) is 3.47. The lowest BCUT2D eigenvalue weighted by Gasteiger charge is -2.26. The molecule has 1 unspecified atom stereocenters. The maximum absolute atomic E-state index is 12.4. The third-order valence-corrected chi connectivity index (χ3v) is 4.21. The van der Waals surface area contributed by atoms with E-state index in [2.05, 4.69) is 15.6 Å². The fourth-order valence-corrected chi connectivity index (χ4v) is 2.64. The van der Waals surface area contributed by atoms with E-state index in [1.807, 2.05) is 6.92 Å². The molecule has 7 heteroatoms. The highest BCUT2D eigenvalue weighted by Crippen LogP contribution is 2.22. The summed E-state index contributed by atoms with van der Waals surface area (Å²) < 4.78 is 1.76. The predicted molar refractivity (Wildman–Crippen MR) is 72.3 cm³/mol. The fourth-order valence-electron chi connectivity index (χ4n) is 2.64. The lowest BCUT2D eigenvalue weighted by Crippen LogP contribution is -2.43. The van der Waals surface area contributed by atoms with Gasteiger partial charge in [-0.25, -0.2) is 4.68 Å². The standard InChI is InChI=1S/C13H21N5O2/c1-13(20)3-2-5-17(6-4-13)12(19)11-9-18(16-15-11)10-7-14-8-10/h9-10,14,20H,2-8H2,1H3. The molecule has 2 aliphatic rings. The van der Waals surface area contributed by atoms with Crippen molar-refractivity contribution >= 4 is 5.91 Å². The minimum absolute atomic E-state index is 0.0822. The Labute approximate surface area is 117 Å². The molecular weight excluding hydrogens is 258 g/mol. The van der Waals surface area contributed by atoms with E-state index in [1.54, 1.807) is 15.8 Å². The zero-order valence-electron chi connectivity index (χ0n) is 11.7. The first-order chi connectivity index (χ1) is 9.55. The summed E-state index contributed by atoms with van der Waals surface area (Å²) in [6.07, 6.45) is 3.90. The van der Waals surface area contributed by atoms with Gasteiger partial charge in [0.2, 0.25) is 0 Å². The van der Waals surface area contributed by atoms with Crippen molar-refractivity contribution in [3.63, 3.8) is 0 Å². The maximum atomic E-state index is 12.4. The Balaban J connectivity index is 1.67. The Morgan fingerprint density at radius 2 is 2.25 bits per heavy atom. The van der Waals surface area contributed by atoms with Crippen molar-refractivity contribution in [2.24, 2.45) is 0 Å². The summed E-state index contributed by atoms with van der Waals surface area (Å²) in [6.45, 7) is 4.84. The van der Waals surface area contributed by atoms with E-state index in [4.69, 9.17) is 0 Å². The number of carbonyl (C=O) groups is 1. The van der Waals surface area contributed by atoms with Crippen LogP contribution in [0.5, 0.6) is 0 Å². The van der Waals surface area contributed by atoms with Crippen molar-refractivity contribution in [2.45, 2.75) is 37.8 Å². The number of likely N-dealkylation sites (tertiary alicyclic amines) is 1.